The van der Waals surface area contributed by atoms with E-state index in [0.29, 0.717) is 39.4 Å². The molecule has 1 N–H and O–H groups in total. The van der Waals surface area contributed by atoms with Crippen LogP contribution in [0.25, 0.3) is 20.7 Å². The zero-order valence-corrected chi connectivity index (χ0v) is 19.7. The van der Waals surface area contributed by atoms with Gasteiger partial charge in [-0.15, -0.1) is 11.3 Å². The second-order valence-electron chi connectivity index (χ2n) is 6.92. The zero-order chi connectivity index (χ0) is 23.5. The highest BCUT2D eigenvalue weighted by Gasteiger charge is 2.20. The number of thiophene rings is 1. The molecular formula is C24H20ClN3O4S. The summed E-state index contributed by atoms with van der Waals surface area (Å²) >= 11 is 8.12. The van der Waals surface area contributed by atoms with Crippen LogP contribution in [-0.2, 0) is 4.79 Å². The van der Waals surface area contributed by atoms with Gasteiger partial charge in [0.05, 0.1) is 24.8 Å². The Hall–Kier alpha value is -3.62. The summed E-state index contributed by atoms with van der Waals surface area (Å²) in [5, 5.41) is 3.20. The fourth-order valence-corrected chi connectivity index (χ4v) is 4.90. The molecule has 0 unspecified atom stereocenters. The van der Waals surface area contributed by atoms with Crippen LogP contribution < -0.4 is 19.5 Å². The molecule has 0 fully saturated rings. The van der Waals surface area contributed by atoms with Gasteiger partial charge in [-0.25, -0.2) is 9.97 Å². The molecule has 0 saturated carbocycles. The molecule has 2 aromatic carbocycles. The van der Waals surface area contributed by atoms with Crippen molar-refractivity contribution in [2.45, 2.75) is 6.92 Å². The number of anilines is 1. The van der Waals surface area contributed by atoms with Gasteiger partial charge in [0.2, 0.25) is 11.8 Å². The van der Waals surface area contributed by atoms with Gasteiger partial charge in [0.25, 0.3) is 0 Å². The number of nitrogens with one attached hydrogen (secondary N) is 1. The second-order valence-corrected chi connectivity index (χ2v) is 8.35. The van der Waals surface area contributed by atoms with Crippen molar-refractivity contribution in [2.75, 3.05) is 19.5 Å². The van der Waals surface area contributed by atoms with Crippen LogP contribution >= 0.6 is 22.9 Å². The zero-order valence-electron chi connectivity index (χ0n) is 18.1. The van der Waals surface area contributed by atoms with Gasteiger partial charge < -0.3 is 19.5 Å². The summed E-state index contributed by atoms with van der Waals surface area (Å²) in [5.74, 6) is 1.80. The number of carbonyl (C=O) groups is 1. The number of hydrogen-bond acceptors (Lipinski definition) is 7. The number of halogens is 1. The highest BCUT2D eigenvalue weighted by atomic mass is 35.5. The van der Waals surface area contributed by atoms with Gasteiger partial charge >= 0.3 is 0 Å². The summed E-state index contributed by atoms with van der Waals surface area (Å²) < 4.78 is 17.7. The lowest BCUT2D eigenvalue weighted by Crippen LogP contribution is -2.06. The molecule has 2 aromatic heterocycles. The molecule has 0 radical (unpaired) electrons. The van der Waals surface area contributed by atoms with E-state index in [1.165, 1.54) is 23.7 Å². The normalized spacial score (nSPS) is 10.7. The molecule has 0 saturated heterocycles. The van der Waals surface area contributed by atoms with Crippen LogP contribution in [-0.4, -0.2) is 30.1 Å². The number of benzene rings is 2. The average Bonchev–Trinajstić information content (AvgIpc) is 3.24. The van der Waals surface area contributed by atoms with E-state index in [0.717, 1.165) is 20.7 Å². The van der Waals surface area contributed by atoms with Gasteiger partial charge in [-0.2, -0.15) is 0 Å². The molecule has 4 aromatic rings. The lowest BCUT2D eigenvalue weighted by Gasteiger charge is -2.14. The first-order valence-corrected chi connectivity index (χ1v) is 11.0. The molecule has 168 valence electrons. The molecule has 9 heteroatoms. The molecule has 4 rings (SSSR count). The van der Waals surface area contributed by atoms with Crippen molar-refractivity contribution in [2.24, 2.45) is 0 Å². The van der Waals surface area contributed by atoms with Gasteiger partial charge in [0.15, 0.2) is 0 Å². The molecular weight excluding hydrogens is 462 g/mol. The highest BCUT2D eigenvalue weighted by molar-refractivity contribution is 7.22. The molecule has 0 atom stereocenters. The molecule has 2 heterocycles. The molecule has 1 amide bonds. The summed E-state index contributed by atoms with van der Waals surface area (Å²) in [6.07, 6.45) is 2.65. The second kappa shape index (κ2) is 9.48. The summed E-state index contributed by atoms with van der Waals surface area (Å²) in [4.78, 5) is 21.2. The van der Waals surface area contributed by atoms with Crippen molar-refractivity contribution in [3.8, 4) is 33.6 Å². The van der Waals surface area contributed by atoms with Crippen LogP contribution in [0.15, 0.2) is 55.4 Å². The number of methoxy groups -OCH3 is 2. The van der Waals surface area contributed by atoms with E-state index in [1.54, 1.807) is 44.6 Å². The standard InChI is InChI=1S/C24H20ClN3O4S/c1-5-20(29)28-14-7-6-8-15(9-14)32-24-23-16(26-12-27-24)10-19(33-23)21-13(2)17(30-3)11-18(31-4)22(21)25/h5-12H,1H2,2-4H3,(H,28,29). The van der Waals surface area contributed by atoms with Crippen LogP contribution in [0, 0.1) is 6.92 Å². The molecule has 0 bridgehead atoms. The first-order valence-electron chi connectivity index (χ1n) is 9.82. The van der Waals surface area contributed by atoms with Crippen molar-refractivity contribution in [1.82, 2.24) is 9.97 Å². The lowest BCUT2D eigenvalue weighted by atomic mass is 10.1. The Morgan fingerprint density at radius 1 is 1.15 bits per heavy atom. The predicted molar refractivity (Wildman–Crippen MR) is 131 cm³/mol. The average molecular weight is 482 g/mol. The smallest absolute Gasteiger partial charge is 0.247 e. The third-order valence-electron chi connectivity index (χ3n) is 4.91. The van der Waals surface area contributed by atoms with E-state index < -0.39 is 0 Å². The van der Waals surface area contributed by atoms with E-state index in [4.69, 9.17) is 25.8 Å². The Kier molecular flexibility index (Phi) is 6.48. The fraction of sp³-hybridized carbons (Fsp3) is 0.125. The lowest BCUT2D eigenvalue weighted by molar-refractivity contribution is -0.111. The van der Waals surface area contributed by atoms with E-state index in [9.17, 15) is 4.79 Å². The minimum absolute atomic E-state index is 0.305. The number of hydrogen-bond donors (Lipinski definition) is 1. The number of amides is 1. The van der Waals surface area contributed by atoms with E-state index in [-0.39, 0.29) is 5.91 Å². The molecule has 0 aliphatic rings. The number of nitrogens with zero attached hydrogens (tertiary/aromatic N) is 2. The topological polar surface area (TPSA) is 82.6 Å². The molecule has 7 nitrogen and oxygen atoms in total. The Bertz CT molecular complexity index is 1340. The van der Waals surface area contributed by atoms with Crippen LogP contribution in [0.1, 0.15) is 5.56 Å². The highest BCUT2D eigenvalue weighted by Crippen LogP contribution is 2.47. The van der Waals surface area contributed by atoms with Gasteiger partial charge in [0.1, 0.15) is 28.3 Å². The summed E-state index contributed by atoms with van der Waals surface area (Å²) in [5.41, 5.74) is 2.99. The minimum atomic E-state index is -0.305. The quantitative estimate of drug-likeness (QED) is 0.314. The van der Waals surface area contributed by atoms with E-state index in [1.807, 2.05) is 13.0 Å². The monoisotopic (exact) mass is 481 g/mol. The summed E-state index contributed by atoms with van der Waals surface area (Å²) in [7, 11) is 3.17. The van der Waals surface area contributed by atoms with Crippen LogP contribution in [0.3, 0.4) is 0 Å². The maximum Gasteiger partial charge on any atom is 0.247 e. The Balaban J connectivity index is 1.76. The van der Waals surface area contributed by atoms with Gasteiger partial charge in [0, 0.05) is 33.8 Å². The Labute approximate surface area is 199 Å². The van der Waals surface area contributed by atoms with Gasteiger partial charge in [-0.1, -0.05) is 24.2 Å². The first-order chi connectivity index (χ1) is 15.9. The largest absolute Gasteiger partial charge is 0.496 e. The molecule has 0 aliphatic carbocycles. The Morgan fingerprint density at radius 3 is 2.67 bits per heavy atom. The maximum atomic E-state index is 11.6. The van der Waals surface area contributed by atoms with Gasteiger partial charge in [-0.3, -0.25) is 4.79 Å². The van der Waals surface area contributed by atoms with E-state index >= 15 is 0 Å². The number of fused-ring (bicyclic) bond motifs is 1. The Morgan fingerprint density at radius 2 is 1.94 bits per heavy atom. The molecule has 0 spiro atoms. The molecule has 0 aliphatic heterocycles. The van der Waals surface area contributed by atoms with Crippen LogP contribution in [0.5, 0.6) is 23.1 Å². The third-order valence-corrected chi connectivity index (χ3v) is 6.41. The third kappa shape index (κ3) is 4.48. The van der Waals surface area contributed by atoms with Crippen molar-refractivity contribution in [3.05, 3.63) is 66.0 Å². The van der Waals surface area contributed by atoms with Crippen molar-refractivity contribution >= 4 is 44.7 Å². The van der Waals surface area contributed by atoms with Gasteiger partial charge in [-0.05, 0) is 31.2 Å². The number of carbonyl (C=O) groups excluding carboxylic acids is 1. The number of ether oxygens (including phenoxy) is 3. The number of aromatic nitrogens is 2. The minimum Gasteiger partial charge on any atom is -0.496 e. The predicted octanol–water partition coefficient (Wildman–Crippen LogP) is 6.25. The van der Waals surface area contributed by atoms with Crippen molar-refractivity contribution in [1.29, 1.82) is 0 Å². The van der Waals surface area contributed by atoms with Crippen molar-refractivity contribution < 1.29 is 19.0 Å². The number of rotatable bonds is 7. The summed E-state index contributed by atoms with van der Waals surface area (Å²) in [6, 6.07) is 10.7. The fourth-order valence-electron chi connectivity index (χ4n) is 3.33. The SMILES string of the molecule is C=CC(=O)Nc1cccc(Oc2ncnc3cc(-c4c(C)c(OC)cc(OC)c4Cl)sc23)c1. The summed E-state index contributed by atoms with van der Waals surface area (Å²) in [6.45, 7) is 5.40. The maximum absolute atomic E-state index is 11.6. The van der Waals surface area contributed by atoms with E-state index in [2.05, 4.69) is 21.9 Å². The van der Waals surface area contributed by atoms with Crippen LogP contribution in [0.2, 0.25) is 5.02 Å². The molecule has 33 heavy (non-hydrogen) atoms. The van der Waals surface area contributed by atoms with Crippen molar-refractivity contribution in [3.63, 3.8) is 0 Å². The van der Waals surface area contributed by atoms with Crippen LogP contribution in [0.4, 0.5) is 5.69 Å². The first kappa shape index (κ1) is 22.6.